The van der Waals surface area contributed by atoms with Crippen LogP contribution >= 0.6 is 0 Å². The summed E-state index contributed by atoms with van der Waals surface area (Å²) in [6.45, 7) is 26.8. The number of allylic oxidation sites excluding steroid dienone is 5. The molecule has 8 atom stereocenters. The number of hydrogen-bond acceptors (Lipinski definition) is 1. The quantitative estimate of drug-likeness (QED) is 0.255. The van der Waals surface area contributed by atoms with Gasteiger partial charge in [-0.25, -0.2) is 0 Å². The Morgan fingerprint density at radius 1 is 0.917 bits per heavy atom. The van der Waals surface area contributed by atoms with Crippen molar-refractivity contribution in [3.05, 3.63) is 35.5 Å². The van der Waals surface area contributed by atoms with Crippen LogP contribution in [-0.4, -0.2) is 14.4 Å². The van der Waals surface area contributed by atoms with Crippen molar-refractivity contribution in [1.82, 2.24) is 0 Å². The lowest BCUT2D eigenvalue weighted by molar-refractivity contribution is 0.0405. The predicted molar refractivity (Wildman–Crippen MR) is 160 cm³/mol. The van der Waals surface area contributed by atoms with Crippen molar-refractivity contribution in [2.45, 2.75) is 131 Å². The van der Waals surface area contributed by atoms with E-state index < -0.39 is 8.32 Å². The average molecular weight is 511 g/mol. The van der Waals surface area contributed by atoms with Gasteiger partial charge in [0, 0.05) is 6.10 Å². The van der Waals surface area contributed by atoms with Crippen LogP contribution in [0.1, 0.15) is 107 Å². The van der Waals surface area contributed by atoms with Gasteiger partial charge in [0.25, 0.3) is 0 Å². The zero-order valence-electron chi connectivity index (χ0n) is 25.7. The Bertz CT molecular complexity index is 901. The van der Waals surface area contributed by atoms with Crippen molar-refractivity contribution >= 4 is 8.32 Å². The fourth-order valence-electron chi connectivity index (χ4n) is 8.27. The highest BCUT2D eigenvalue weighted by molar-refractivity contribution is 6.74. The maximum absolute atomic E-state index is 6.92. The molecule has 4 aliphatic carbocycles. The molecule has 0 aliphatic heterocycles. The van der Waals surface area contributed by atoms with Crippen molar-refractivity contribution in [1.29, 1.82) is 0 Å². The van der Waals surface area contributed by atoms with Gasteiger partial charge in [-0.1, -0.05) is 97.8 Å². The molecule has 4 aliphatic rings. The Balaban J connectivity index is 1.52. The van der Waals surface area contributed by atoms with Crippen molar-refractivity contribution in [3.63, 3.8) is 0 Å². The van der Waals surface area contributed by atoms with Crippen LogP contribution in [0.25, 0.3) is 0 Å². The van der Waals surface area contributed by atoms with E-state index in [-0.39, 0.29) is 5.04 Å². The summed E-state index contributed by atoms with van der Waals surface area (Å²) < 4.78 is 6.92. The van der Waals surface area contributed by atoms with Crippen LogP contribution in [0.4, 0.5) is 0 Å². The summed E-state index contributed by atoms with van der Waals surface area (Å²) in [5, 5.41) is 0.285. The van der Waals surface area contributed by atoms with E-state index in [0.29, 0.717) is 28.8 Å². The molecule has 0 amide bonds. The molecule has 3 fully saturated rings. The molecular weight excluding hydrogens is 452 g/mol. The van der Waals surface area contributed by atoms with E-state index in [1.807, 2.05) is 5.57 Å². The molecule has 0 N–H and O–H groups in total. The molecule has 0 heterocycles. The van der Waals surface area contributed by atoms with Gasteiger partial charge in [0.15, 0.2) is 8.32 Å². The first-order valence-electron chi connectivity index (χ1n) is 15.4. The van der Waals surface area contributed by atoms with E-state index in [0.717, 1.165) is 30.1 Å². The summed E-state index contributed by atoms with van der Waals surface area (Å²) in [5.74, 6) is 4.46. The van der Waals surface area contributed by atoms with Crippen molar-refractivity contribution in [2.75, 3.05) is 0 Å². The highest BCUT2D eigenvalue weighted by atomic mass is 28.4. The van der Waals surface area contributed by atoms with Gasteiger partial charge in [0.2, 0.25) is 0 Å². The maximum Gasteiger partial charge on any atom is 0.192 e. The van der Waals surface area contributed by atoms with E-state index >= 15 is 0 Å². The lowest BCUT2D eigenvalue weighted by Gasteiger charge is -2.55. The standard InChI is InChI=1S/C34H58OSi/c1-23(2)24(3)12-13-25(4)29-16-17-30-28-15-14-26-22-27(35-36(10,11)32(5,6)7)18-20-33(26,8)31(28)19-21-34(29,30)9/h12-15,23-25,27,29-31H,16-22H2,1-11H3/b13-12+/t24-,25+,27-,29-,30-,31-,33-,34+/m0/s1. The summed E-state index contributed by atoms with van der Waals surface area (Å²) >= 11 is 0. The molecule has 0 saturated heterocycles. The van der Waals surface area contributed by atoms with Crippen LogP contribution in [0.5, 0.6) is 0 Å². The van der Waals surface area contributed by atoms with Crippen molar-refractivity contribution in [2.24, 2.45) is 46.3 Å². The van der Waals surface area contributed by atoms with Gasteiger partial charge in [0.1, 0.15) is 0 Å². The van der Waals surface area contributed by atoms with E-state index in [2.05, 4.69) is 99.7 Å². The molecule has 2 heteroatoms. The van der Waals surface area contributed by atoms with Crippen LogP contribution < -0.4 is 0 Å². The number of rotatable bonds is 6. The molecule has 3 saturated carbocycles. The highest BCUT2D eigenvalue weighted by Crippen LogP contribution is 2.66. The normalized spacial score (nSPS) is 38.8. The first-order valence-corrected chi connectivity index (χ1v) is 18.3. The average Bonchev–Trinajstić information content (AvgIpc) is 3.13. The first kappa shape index (κ1) is 28.4. The van der Waals surface area contributed by atoms with Gasteiger partial charge in [0.05, 0.1) is 0 Å². The van der Waals surface area contributed by atoms with Crippen molar-refractivity contribution < 1.29 is 4.43 Å². The molecule has 0 radical (unpaired) electrons. The number of fused-ring (bicyclic) bond motifs is 5. The predicted octanol–water partition coefficient (Wildman–Crippen LogP) is 10.4. The van der Waals surface area contributed by atoms with Gasteiger partial charge in [-0.15, -0.1) is 0 Å². The molecular formula is C34H58OSi. The fraction of sp³-hybridized carbons (Fsp3) is 0.824. The minimum Gasteiger partial charge on any atom is -0.414 e. The zero-order chi connectivity index (χ0) is 26.7. The molecule has 0 spiro atoms. The summed E-state index contributed by atoms with van der Waals surface area (Å²) in [6.07, 6.45) is 20.0. The van der Waals surface area contributed by atoms with Crippen LogP contribution in [0.3, 0.4) is 0 Å². The van der Waals surface area contributed by atoms with E-state index in [9.17, 15) is 0 Å². The Labute approximate surface area is 225 Å². The Kier molecular flexibility index (Phi) is 7.78. The maximum atomic E-state index is 6.92. The topological polar surface area (TPSA) is 9.23 Å². The molecule has 0 bridgehead atoms. The second kappa shape index (κ2) is 9.85. The third-order valence-corrected chi connectivity index (χ3v) is 16.8. The highest BCUT2D eigenvalue weighted by Gasteiger charge is 2.57. The van der Waals surface area contributed by atoms with Gasteiger partial charge in [-0.2, -0.15) is 0 Å². The largest absolute Gasteiger partial charge is 0.414 e. The smallest absolute Gasteiger partial charge is 0.192 e. The van der Waals surface area contributed by atoms with Gasteiger partial charge >= 0.3 is 0 Å². The van der Waals surface area contributed by atoms with Crippen LogP contribution in [0, 0.1) is 46.3 Å². The molecule has 0 aromatic carbocycles. The van der Waals surface area contributed by atoms with Crippen LogP contribution in [0.2, 0.25) is 18.1 Å². The van der Waals surface area contributed by atoms with E-state index in [4.69, 9.17) is 4.43 Å². The minimum atomic E-state index is -1.72. The minimum absolute atomic E-state index is 0.285. The molecule has 36 heavy (non-hydrogen) atoms. The first-order chi connectivity index (χ1) is 16.6. The molecule has 0 aromatic heterocycles. The van der Waals surface area contributed by atoms with E-state index in [1.54, 1.807) is 5.57 Å². The van der Waals surface area contributed by atoms with E-state index in [1.165, 1.54) is 38.5 Å². The molecule has 1 nitrogen and oxygen atoms in total. The van der Waals surface area contributed by atoms with Gasteiger partial charge in [-0.05, 0) is 109 Å². The molecule has 0 aromatic rings. The summed E-state index contributed by atoms with van der Waals surface area (Å²) in [4.78, 5) is 0. The second-order valence-corrected chi connectivity index (χ2v) is 20.5. The Morgan fingerprint density at radius 2 is 1.61 bits per heavy atom. The lowest BCUT2D eigenvalue weighted by Crippen LogP contribution is -2.49. The second-order valence-electron chi connectivity index (χ2n) is 15.7. The Hall–Kier alpha value is -0.603. The summed E-state index contributed by atoms with van der Waals surface area (Å²) in [5.41, 5.74) is 4.35. The summed E-state index contributed by atoms with van der Waals surface area (Å²) in [7, 11) is -1.72. The third-order valence-electron chi connectivity index (χ3n) is 12.3. The molecule has 4 rings (SSSR count). The lowest BCUT2D eigenvalue weighted by atomic mass is 9.50. The SMILES string of the molecule is CC(C)[C@@H](C)/C=C/[C@@H](C)[C@@H]1CC[C@H]2C3=CC=C4C[C@@H](O[Si](C)(C)C(C)(C)C)CC[C@]4(C)[C@H]3CC[C@@]21C. The Morgan fingerprint density at radius 3 is 2.25 bits per heavy atom. The molecule has 204 valence electrons. The number of hydrogen-bond donors (Lipinski definition) is 0. The summed E-state index contributed by atoms with van der Waals surface area (Å²) in [6, 6.07) is 0. The van der Waals surface area contributed by atoms with Gasteiger partial charge in [-0.3, -0.25) is 0 Å². The third kappa shape index (κ3) is 4.92. The zero-order valence-corrected chi connectivity index (χ0v) is 26.7. The van der Waals surface area contributed by atoms with Crippen LogP contribution in [0.15, 0.2) is 35.5 Å². The van der Waals surface area contributed by atoms with Crippen LogP contribution in [-0.2, 0) is 4.43 Å². The fourth-order valence-corrected chi connectivity index (χ4v) is 9.66. The van der Waals surface area contributed by atoms with Crippen molar-refractivity contribution in [3.8, 4) is 0 Å². The van der Waals surface area contributed by atoms with Gasteiger partial charge < -0.3 is 4.43 Å². The molecule has 0 unspecified atom stereocenters. The monoisotopic (exact) mass is 510 g/mol.